The summed E-state index contributed by atoms with van der Waals surface area (Å²) in [4.78, 5) is 29.8. The van der Waals surface area contributed by atoms with Crippen molar-refractivity contribution >= 4 is 32.7 Å². The number of fused-ring (bicyclic) bond motifs is 1. The molecule has 42 heavy (non-hydrogen) atoms. The maximum absolute atomic E-state index is 15.1. The Balaban J connectivity index is 1.45. The number of pyridine rings is 2. The molecule has 1 fully saturated rings. The zero-order chi connectivity index (χ0) is 30.2. The summed E-state index contributed by atoms with van der Waals surface area (Å²) in [5, 5.41) is 4.18. The van der Waals surface area contributed by atoms with Gasteiger partial charge in [0.05, 0.1) is 23.2 Å². The Bertz CT molecular complexity index is 1760. The molecule has 3 aromatic heterocycles. The number of rotatable bonds is 8. The lowest BCUT2D eigenvalue weighted by Crippen LogP contribution is -2.36. The summed E-state index contributed by atoms with van der Waals surface area (Å²) in [6, 6.07) is 10.2. The third-order valence-electron chi connectivity index (χ3n) is 7.69. The van der Waals surface area contributed by atoms with E-state index >= 15 is 4.39 Å². The second-order valence-corrected chi connectivity index (χ2v) is 13.1. The largest absolute Gasteiger partial charge is 0.351 e. The number of anilines is 2. The maximum Gasteiger partial charge on any atom is 0.261 e. The molecule has 0 saturated heterocycles. The summed E-state index contributed by atoms with van der Waals surface area (Å²) in [7, 11) is 0.589. The molecule has 1 aliphatic rings. The van der Waals surface area contributed by atoms with Gasteiger partial charge in [-0.05, 0) is 71.8 Å². The molecule has 1 aromatic carbocycles. The van der Waals surface area contributed by atoms with Gasteiger partial charge < -0.3 is 10.2 Å². The molecule has 12 heteroatoms. The van der Waals surface area contributed by atoms with Gasteiger partial charge in [0, 0.05) is 47.0 Å². The minimum Gasteiger partial charge on any atom is -0.351 e. The smallest absolute Gasteiger partial charge is 0.261 e. The normalized spacial score (nSPS) is 17.6. The fourth-order valence-corrected chi connectivity index (χ4v) is 6.07. The summed E-state index contributed by atoms with van der Waals surface area (Å²) in [6.07, 6.45) is 8.44. The Hall–Kier alpha value is -3.90. The van der Waals surface area contributed by atoms with Crippen molar-refractivity contribution in [1.82, 2.24) is 24.4 Å². The molecule has 222 valence electrons. The van der Waals surface area contributed by atoms with Gasteiger partial charge in [-0.1, -0.05) is 18.2 Å². The zero-order valence-electron chi connectivity index (χ0n) is 24.4. The Kier molecular flexibility index (Phi) is 8.29. The molecule has 0 atom stereocenters. The monoisotopic (exact) mass is 593 g/mol. The standard InChI is InChI=1S/C30H36FN7O3S/c1-18(2)38-28-20(17-33-30(35-28)34-21-10-12-22(13-11-21)37(3)4)15-24(29(38)39)25-14-9-19(16-32-25)23-7-6-8-26(27(23)31)36-42(5,40)41/h6-9,14-18,21-22,36H,10-13H2,1-5H3,(H,33,34,35). The number of hydrogen-bond donors (Lipinski definition) is 2. The minimum atomic E-state index is -3.65. The average Bonchev–Trinajstić information content (AvgIpc) is 2.93. The van der Waals surface area contributed by atoms with Crippen molar-refractivity contribution in [2.75, 3.05) is 30.4 Å². The molecular weight excluding hydrogens is 557 g/mol. The van der Waals surface area contributed by atoms with Crippen LogP contribution >= 0.6 is 0 Å². The van der Waals surface area contributed by atoms with Gasteiger partial charge in [-0.15, -0.1) is 0 Å². The molecule has 0 radical (unpaired) electrons. The third-order valence-corrected chi connectivity index (χ3v) is 8.28. The van der Waals surface area contributed by atoms with Crippen LogP contribution in [0.1, 0.15) is 45.6 Å². The predicted octanol–water partition coefficient (Wildman–Crippen LogP) is 4.90. The number of halogens is 1. The first-order valence-corrected chi connectivity index (χ1v) is 15.9. The van der Waals surface area contributed by atoms with Crippen LogP contribution in [0.25, 0.3) is 33.4 Å². The third kappa shape index (κ3) is 6.29. The van der Waals surface area contributed by atoms with Crippen LogP contribution in [-0.4, -0.2) is 65.3 Å². The van der Waals surface area contributed by atoms with E-state index in [1.807, 2.05) is 13.8 Å². The topological polar surface area (TPSA) is 122 Å². The van der Waals surface area contributed by atoms with Gasteiger partial charge in [0.15, 0.2) is 5.82 Å². The highest BCUT2D eigenvalue weighted by Crippen LogP contribution is 2.30. The van der Waals surface area contributed by atoms with Gasteiger partial charge in [0.2, 0.25) is 16.0 Å². The van der Waals surface area contributed by atoms with Crippen molar-refractivity contribution < 1.29 is 12.8 Å². The molecule has 3 heterocycles. The highest BCUT2D eigenvalue weighted by Gasteiger charge is 2.23. The number of benzene rings is 1. The van der Waals surface area contributed by atoms with Crippen LogP contribution in [0, 0.1) is 5.82 Å². The van der Waals surface area contributed by atoms with Crippen molar-refractivity contribution in [1.29, 1.82) is 0 Å². The Morgan fingerprint density at radius 3 is 2.38 bits per heavy atom. The van der Waals surface area contributed by atoms with Crippen LogP contribution < -0.4 is 15.6 Å². The van der Waals surface area contributed by atoms with E-state index in [-0.39, 0.29) is 28.9 Å². The Morgan fingerprint density at radius 1 is 1.02 bits per heavy atom. The fourth-order valence-electron chi connectivity index (χ4n) is 5.52. The molecule has 10 nitrogen and oxygen atoms in total. The van der Waals surface area contributed by atoms with Crippen molar-refractivity contribution in [3.05, 3.63) is 65.0 Å². The molecule has 0 bridgehead atoms. The van der Waals surface area contributed by atoms with Gasteiger partial charge in [0.1, 0.15) is 5.65 Å². The molecular formula is C30H36FN7O3S. The lowest BCUT2D eigenvalue weighted by Gasteiger charge is -2.33. The molecule has 0 unspecified atom stereocenters. The van der Waals surface area contributed by atoms with Gasteiger partial charge in [-0.3, -0.25) is 19.1 Å². The summed E-state index contributed by atoms with van der Waals surface area (Å²) in [6.45, 7) is 3.86. The van der Waals surface area contributed by atoms with E-state index in [0.717, 1.165) is 31.9 Å². The first kappa shape index (κ1) is 29.6. The van der Waals surface area contributed by atoms with Gasteiger partial charge in [0.25, 0.3) is 5.56 Å². The van der Waals surface area contributed by atoms with E-state index in [1.165, 1.54) is 18.3 Å². The molecule has 2 N–H and O–H groups in total. The van der Waals surface area contributed by atoms with Gasteiger partial charge in [-0.2, -0.15) is 4.98 Å². The van der Waals surface area contributed by atoms with Crippen LogP contribution in [0.4, 0.5) is 16.0 Å². The van der Waals surface area contributed by atoms with Crippen LogP contribution in [0.5, 0.6) is 0 Å². The summed E-state index contributed by atoms with van der Waals surface area (Å²) in [5.41, 5.74) is 1.59. The average molecular weight is 594 g/mol. The van der Waals surface area contributed by atoms with E-state index in [4.69, 9.17) is 4.98 Å². The second kappa shape index (κ2) is 11.8. The van der Waals surface area contributed by atoms with Crippen molar-refractivity contribution in [3.8, 4) is 22.4 Å². The molecule has 1 saturated carbocycles. The lowest BCUT2D eigenvalue weighted by atomic mass is 9.91. The lowest BCUT2D eigenvalue weighted by molar-refractivity contribution is 0.221. The summed E-state index contributed by atoms with van der Waals surface area (Å²) < 4.78 is 42.1. The first-order chi connectivity index (χ1) is 19.9. The van der Waals surface area contributed by atoms with Crippen LogP contribution in [-0.2, 0) is 10.0 Å². The zero-order valence-corrected chi connectivity index (χ0v) is 25.2. The molecule has 4 aromatic rings. The highest BCUT2D eigenvalue weighted by atomic mass is 32.2. The molecule has 0 spiro atoms. The summed E-state index contributed by atoms with van der Waals surface area (Å²) in [5.74, 6) is -0.202. The van der Waals surface area contributed by atoms with E-state index < -0.39 is 15.8 Å². The van der Waals surface area contributed by atoms with Crippen molar-refractivity contribution in [3.63, 3.8) is 0 Å². The van der Waals surface area contributed by atoms with E-state index in [0.29, 0.717) is 39.8 Å². The maximum atomic E-state index is 15.1. The van der Waals surface area contributed by atoms with Gasteiger partial charge >= 0.3 is 0 Å². The quantitative estimate of drug-likeness (QED) is 0.296. The number of hydrogen-bond acceptors (Lipinski definition) is 8. The Morgan fingerprint density at radius 2 is 1.76 bits per heavy atom. The van der Waals surface area contributed by atoms with Crippen LogP contribution in [0.15, 0.2) is 53.6 Å². The molecule has 0 amide bonds. The first-order valence-electron chi connectivity index (χ1n) is 14.0. The minimum absolute atomic E-state index is 0.150. The van der Waals surface area contributed by atoms with Crippen LogP contribution in [0.3, 0.4) is 0 Å². The number of nitrogens with zero attached hydrogens (tertiary/aromatic N) is 5. The van der Waals surface area contributed by atoms with Crippen molar-refractivity contribution in [2.45, 2.75) is 57.7 Å². The fraction of sp³-hybridized carbons (Fsp3) is 0.400. The van der Waals surface area contributed by atoms with E-state index in [1.54, 1.807) is 35.0 Å². The molecule has 1 aliphatic carbocycles. The highest BCUT2D eigenvalue weighted by molar-refractivity contribution is 7.92. The Labute approximate surface area is 245 Å². The van der Waals surface area contributed by atoms with E-state index in [2.05, 4.69) is 39.0 Å². The molecule has 0 aliphatic heterocycles. The number of aromatic nitrogens is 4. The van der Waals surface area contributed by atoms with Crippen LogP contribution in [0.2, 0.25) is 0 Å². The summed E-state index contributed by atoms with van der Waals surface area (Å²) >= 11 is 0. The SMILES string of the molecule is CC(C)n1c(=O)c(-c2ccc(-c3cccc(NS(C)(=O)=O)c3F)cn2)cc2cnc(NC3CCC(N(C)C)CC3)nc21. The predicted molar refractivity (Wildman–Crippen MR) is 165 cm³/mol. The van der Waals surface area contributed by atoms with Gasteiger partial charge in [-0.25, -0.2) is 17.8 Å². The second-order valence-electron chi connectivity index (χ2n) is 11.4. The number of sulfonamides is 1. The van der Waals surface area contributed by atoms with Crippen molar-refractivity contribution in [2.24, 2.45) is 0 Å². The molecule has 5 rings (SSSR count). The van der Waals surface area contributed by atoms with E-state index in [9.17, 15) is 13.2 Å². The number of nitrogens with one attached hydrogen (secondary N) is 2.